The van der Waals surface area contributed by atoms with Crippen molar-refractivity contribution in [3.8, 4) is 34.1 Å². The second-order valence-electron chi connectivity index (χ2n) is 9.38. The Kier molecular flexibility index (Phi) is 4.89. The van der Waals surface area contributed by atoms with Gasteiger partial charge in [0.05, 0.1) is 0 Å². The summed E-state index contributed by atoms with van der Waals surface area (Å²) in [5.41, 5.74) is 4.93. The van der Waals surface area contributed by atoms with Crippen molar-refractivity contribution in [1.29, 1.82) is 0 Å². The van der Waals surface area contributed by atoms with Crippen LogP contribution >= 0.6 is 0 Å². The predicted octanol–water partition coefficient (Wildman–Crippen LogP) is 5.67. The van der Waals surface area contributed by atoms with E-state index in [1.165, 1.54) is 5.39 Å². The normalized spacial score (nSPS) is 14.0. The first kappa shape index (κ1) is 22.2. The quantitative estimate of drug-likeness (QED) is 0.256. The number of para-hydroxylation sites is 1. The summed E-state index contributed by atoms with van der Waals surface area (Å²) in [4.78, 5) is 4.61. The SMILES string of the molecule is O=[Se]1c2ccccc2-c2cn(-c3cccc(Oc4ccc5c6ccccc6n(-c6ccccn6)c5c4)c3)nc21. The summed E-state index contributed by atoms with van der Waals surface area (Å²) in [6, 6.07) is 36.1. The minimum atomic E-state index is -2.35. The molecule has 8 rings (SSSR count). The van der Waals surface area contributed by atoms with E-state index >= 15 is 0 Å². The van der Waals surface area contributed by atoms with Crippen molar-refractivity contribution in [3.05, 3.63) is 122 Å². The van der Waals surface area contributed by atoms with Gasteiger partial charge < -0.3 is 0 Å². The van der Waals surface area contributed by atoms with Crippen molar-refractivity contribution >= 4 is 44.7 Å². The molecule has 186 valence electrons. The number of fused-ring (bicyclic) bond motifs is 6. The van der Waals surface area contributed by atoms with Gasteiger partial charge in [0.2, 0.25) is 0 Å². The third-order valence-corrected chi connectivity index (χ3v) is 10.0. The van der Waals surface area contributed by atoms with Crippen LogP contribution in [0, 0.1) is 0 Å². The molecule has 6 nitrogen and oxygen atoms in total. The molecule has 0 fully saturated rings. The Hall–Kier alpha value is -4.84. The zero-order chi connectivity index (χ0) is 25.9. The van der Waals surface area contributed by atoms with Crippen LogP contribution in [0.5, 0.6) is 11.5 Å². The number of aromatic nitrogens is 4. The molecular formula is C32H20N4O2Se. The molecule has 1 unspecified atom stereocenters. The summed E-state index contributed by atoms with van der Waals surface area (Å²) < 4.78 is 25.0. The maximum atomic E-state index is 13.0. The van der Waals surface area contributed by atoms with Crippen LogP contribution in [-0.4, -0.2) is 33.2 Å². The van der Waals surface area contributed by atoms with E-state index < -0.39 is 13.8 Å². The minimum absolute atomic E-state index is 0.690. The van der Waals surface area contributed by atoms with Crippen LogP contribution < -0.4 is 13.8 Å². The number of pyridine rings is 1. The number of hydrogen-bond donors (Lipinski definition) is 0. The summed E-state index contributed by atoms with van der Waals surface area (Å²) in [5.74, 6) is 2.27. The molecule has 7 aromatic rings. The topological polar surface area (TPSA) is 61.9 Å². The van der Waals surface area contributed by atoms with E-state index in [0.717, 1.165) is 49.3 Å². The van der Waals surface area contributed by atoms with Crippen LogP contribution in [0.15, 0.2) is 122 Å². The van der Waals surface area contributed by atoms with Crippen LogP contribution in [0.1, 0.15) is 0 Å². The van der Waals surface area contributed by atoms with Gasteiger partial charge >= 0.3 is 175 Å². The van der Waals surface area contributed by atoms with Gasteiger partial charge in [-0.1, -0.05) is 24.3 Å². The van der Waals surface area contributed by atoms with Crippen molar-refractivity contribution in [3.63, 3.8) is 0 Å². The van der Waals surface area contributed by atoms with Gasteiger partial charge in [0.25, 0.3) is 0 Å². The third-order valence-electron chi connectivity index (χ3n) is 7.07. The van der Waals surface area contributed by atoms with Crippen LogP contribution in [0.2, 0.25) is 0 Å². The van der Waals surface area contributed by atoms with Crippen molar-refractivity contribution in [1.82, 2.24) is 19.3 Å². The number of hydrogen-bond acceptors (Lipinski definition) is 4. The Morgan fingerprint density at radius 2 is 1.51 bits per heavy atom. The van der Waals surface area contributed by atoms with E-state index in [1.54, 1.807) is 4.68 Å². The molecular weight excluding hydrogens is 551 g/mol. The fourth-order valence-electron chi connectivity index (χ4n) is 5.34. The zero-order valence-corrected chi connectivity index (χ0v) is 22.3. The van der Waals surface area contributed by atoms with Crippen LogP contribution in [-0.2, 0) is 3.83 Å². The van der Waals surface area contributed by atoms with Gasteiger partial charge in [0.1, 0.15) is 0 Å². The summed E-state index contributed by atoms with van der Waals surface area (Å²) in [5, 5.41) is 7.01. The molecule has 0 radical (unpaired) electrons. The number of ether oxygens (including phenoxy) is 1. The second kappa shape index (κ2) is 8.60. The van der Waals surface area contributed by atoms with E-state index in [4.69, 9.17) is 9.84 Å². The van der Waals surface area contributed by atoms with E-state index in [9.17, 15) is 3.83 Å². The molecule has 0 aliphatic carbocycles. The Bertz CT molecular complexity index is 2080. The van der Waals surface area contributed by atoms with Crippen LogP contribution in [0.25, 0.3) is 44.4 Å². The summed E-state index contributed by atoms with van der Waals surface area (Å²) in [7, 11) is 0. The molecule has 1 aliphatic rings. The summed E-state index contributed by atoms with van der Waals surface area (Å²) >= 11 is -2.35. The molecule has 3 aromatic heterocycles. The van der Waals surface area contributed by atoms with Gasteiger partial charge in [-0.2, -0.15) is 0 Å². The molecule has 0 spiro atoms. The molecule has 39 heavy (non-hydrogen) atoms. The van der Waals surface area contributed by atoms with Gasteiger partial charge in [-0.05, 0) is 18.2 Å². The monoisotopic (exact) mass is 572 g/mol. The number of nitrogens with zero attached hydrogens (tertiary/aromatic N) is 4. The zero-order valence-electron chi connectivity index (χ0n) is 20.6. The second-order valence-corrected chi connectivity index (χ2v) is 12.2. The molecule has 7 heteroatoms. The average Bonchev–Trinajstić information content (AvgIpc) is 3.64. The Morgan fingerprint density at radius 1 is 0.692 bits per heavy atom. The van der Waals surface area contributed by atoms with Gasteiger partial charge in [-0.25, -0.2) is 4.98 Å². The van der Waals surface area contributed by atoms with Gasteiger partial charge in [-0.3, -0.25) is 0 Å². The fourth-order valence-corrected chi connectivity index (χ4v) is 8.09. The maximum absolute atomic E-state index is 13.0. The van der Waals surface area contributed by atoms with Crippen LogP contribution in [0.4, 0.5) is 0 Å². The molecule has 0 N–H and O–H groups in total. The molecule has 0 saturated carbocycles. The third kappa shape index (κ3) is 3.48. The first-order chi connectivity index (χ1) is 19.2. The molecule has 1 atom stereocenters. The predicted molar refractivity (Wildman–Crippen MR) is 153 cm³/mol. The standard InChI is InChI=1S/C32H20N4O2Se/c37-39-30-13-4-2-11-26(30)27-20-35(34-32(27)39)21-8-7-9-22(18-21)38-23-15-16-25-24-10-1-3-12-28(24)36(29(25)19-23)31-14-5-6-17-33-31/h1-20H. The van der Waals surface area contributed by atoms with E-state index in [1.807, 2.05) is 91.3 Å². The van der Waals surface area contributed by atoms with Crippen molar-refractivity contribution in [2.24, 2.45) is 0 Å². The first-order valence-electron chi connectivity index (χ1n) is 12.6. The average molecular weight is 571 g/mol. The molecule has 0 bridgehead atoms. The first-order valence-corrected chi connectivity index (χ1v) is 15.0. The van der Waals surface area contributed by atoms with E-state index in [-0.39, 0.29) is 0 Å². The van der Waals surface area contributed by atoms with Crippen molar-refractivity contribution in [2.45, 2.75) is 0 Å². The molecule has 0 amide bonds. The fraction of sp³-hybridized carbons (Fsp3) is 0. The molecule has 4 heterocycles. The summed E-state index contributed by atoms with van der Waals surface area (Å²) in [6.07, 6.45) is 3.77. The van der Waals surface area contributed by atoms with E-state index in [0.29, 0.717) is 10.3 Å². The Morgan fingerprint density at radius 3 is 2.44 bits per heavy atom. The Balaban J connectivity index is 1.18. The van der Waals surface area contributed by atoms with Gasteiger partial charge in [0, 0.05) is 6.20 Å². The molecule has 4 aromatic carbocycles. The van der Waals surface area contributed by atoms with Crippen LogP contribution in [0.3, 0.4) is 0 Å². The van der Waals surface area contributed by atoms with Gasteiger partial charge in [0.15, 0.2) is 0 Å². The molecule has 1 aliphatic heterocycles. The van der Waals surface area contributed by atoms with E-state index in [2.05, 4.69) is 39.9 Å². The van der Waals surface area contributed by atoms with Crippen molar-refractivity contribution in [2.75, 3.05) is 0 Å². The van der Waals surface area contributed by atoms with Crippen molar-refractivity contribution < 1.29 is 8.57 Å². The number of rotatable bonds is 4. The molecule has 0 saturated heterocycles. The summed E-state index contributed by atoms with van der Waals surface area (Å²) in [6.45, 7) is 0. The van der Waals surface area contributed by atoms with Gasteiger partial charge in [-0.15, -0.1) is 0 Å². The number of benzene rings is 4. The Labute approximate surface area is 227 Å².